The van der Waals surface area contributed by atoms with Crippen molar-refractivity contribution in [1.82, 2.24) is 4.90 Å². The number of amides is 1. The molecule has 0 aromatic heterocycles. The second kappa shape index (κ2) is 5.69. The minimum absolute atomic E-state index is 0.0351. The average molecular weight is 255 g/mol. The molecule has 1 amide bonds. The van der Waals surface area contributed by atoms with Gasteiger partial charge in [0.1, 0.15) is 6.10 Å². The van der Waals surface area contributed by atoms with Crippen molar-refractivity contribution >= 4 is 11.9 Å². The molecule has 0 bridgehead atoms. The van der Waals surface area contributed by atoms with Crippen LogP contribution in [-0.2, 0) is 19.1 Å². The Labute approximate surface area is 107 Å². The molecule has 0 aliphatic carbocycles. The number of rotatable bonds is 2. The van der Waals surface area contributed by atoms with Gasteiger partial charge in [-0.25, -0.2) is 0 Å². The number of carbonyl (C=O) groups is 2. The van der Waals surface area contributed by atoms with Crippen molar-refractivity contribution in [1.29, 1.82) is 0 Å². The average Bonchev–Trinajstić information content (AvgIpc) is 2.80. The van der Waals surface area contributed by atoms with Crippen LogP contribution in [0.3, 0.4) is 0 Å². The van der Waals surface area contributed by atoms with Crippen LogP contribution in [0.4, 0.5) is 0 Å². The van der Waals surface area contributed by atoms with Crippen LogP contribution in [0.25, 0.3) is 0 Å². The van der Waals surface area contributed by atoms with E-state index in [9.17, 15) is 9.59 Å². The number of hydrogen-bond donors (Lipinski definition) is 0. The van der Waals surface area contributed by atoms with Gasteiger partial charge in [0.25, 0.3) is 5.91 Å². The highest BCUT2D eigenvalue weighted by atomic mass is 16.5. The first-order valence-corrected chi connectivity index (χ1v) is 6.61. The molecule has 0 radical (unpaired) electrons. The Morgan fingerprint density at radius 1 is 1.28 bits per heavy atom. The SMILES string of the molecule is COC(=O)C1CN(C(=O)C2CCCCO2)CC1C. The maximum Gasteiger partial charge on any atom is 0.310 e. The van der Waals surface area contributed by atoms with Gasteiger partial charge in [0.2, 0.25) is 0 Å². The van der Waals surface area contributed by atoms with Gasteiger partial charge in [0.15, 0.2) is 0 Å². The zero-order valence-corrected chi connectivity index (χ0v) is 11.1. The van der Waals surface area contributed by atoms with E-state index in [1.54, 1.807) is 4.90 Å². The van der Waals surface area contributed by atoms with Crippen LogP contribution in [-0.4, -0.2) is 49.7 Å². The highest BCUT2D eigenvalue weighted by molar-refractivity contribution is 5.83. The van der Waals surface area contributed by atoms with Gasteiger partial charge in [0, 0.05) is 19.7 Å². The molecule has 18 heavy (non-hydrogen) atoms. The van der Waals surface area contributed by atoms with E-state index < -0.39 is 0 Å². The largest absolute Gasteiger partial charge is 0.469 e. The van der Waals surface area contributed by atoms with Crippen molar-refractivity contribution in [2.75, 3.05) is 26.8 Å². The smallest absolute Gasteiger partial charge is 0.310 e. The number of esters is 1. The van der Waals surface area contributed by atoms with E-state index in [1.807, 2.05) is 6.92 Å². The Bertz CT molecular complexity index is 325. The zero-order valence-electron chi connectivity index (χ0n) is 11.1. The topological polar surface area (TPSA) is 55.8 Å². The molecule has 2 heterocycles. The second-order valence-electron chi connectivity index (χ2n) is 5.21. The lowest BCUT2D eigenvalue weighted by Gasteiger charge is -2.26. The molecular formula is C13H21NO4. The van der Waals surface area contributed by atoms with E-state index in [1.165, 1.54) is 7.11 Å². The fourth-order valence-electron chi connectivity index (χ4n) is 2.74. The fourth-order valence-corrected chi connectivity index (χ4v) is 2.74. The molecule has 2 aliphatic heterocycles. The summed E-state index contributed by atoms with van der Waals surface area (Å²) in [5.41, 5.74) is 0. The molecule has 2 fully saturated rings. The number of likely N-dealkylation sites (tertiary alicyclic amines) is 1. The van der Waals surface area contributed by atoms with Gasteiger partial charge in [-0.05, 0) is 25.2 Å². The lowest BCUT2D eigenvalue weighted by atomic mass is 9.99. The summed E-state index contributed by atoms with van der Waals surface area (Å²) in [6.45, 7) is 3.74. The minimum Gasteiger partial charge on any atom is -0.469 e. The molecule has 2 saturated heterocycles. The van der Waals surface area contributed by atoms with E-state index in [4.69, 9.17) is 9.47 Å². The molecule has 5 nitrogen and oxygen atoms in total. The summed E-state index contributed by atoms with van der Waals surface area (Å²) < 4.78 is 10.3. The quantitative estimate of drug-likeness (QED) is 0.686. The molecule has 0 spiro atoms. The number of ether oxygens (including phenoxy) is 2. The van der Waals surface area contributed by atoms with Crippen LogP contribution in [0.15, 0.2) is 0 Å². The van der Waals surface area contributed by atoms with Gasteiger partial charge in [-0.3, -0.25) is 9.59 Å². The highest BCUT2D eigenvalue weighted by Crippen LogP contribution is 2.26. The van der Waals surface area contributed by atoms with Crippen molar-refractivity contribution in [2.24, 2.45) is 11.8 Å². The third kappa shape index (κ3) is 2.66. The first-order valence-electron chi connectivity index (χ1n) is 6.61. The van der Waals surface area contributed by atoms with Gasteiger partial charge in [0.05, 0.1) is 13.0 Å². The Kier molecular flexibility index (Phi) is 4.22. The van der Waals surface area contributed by atoms with E-state index >= 15 is 0 Å². The van der Waals surface area contributed by atoms with E-state index in [0.717, 1.165) is 19.3 Å². The highest BCUT2D eigenvalue weighted by Gasteiger charge is 2.39. The summed E-state index contributed by atoms with van der Waals surface area (Å²) in [5, 5.41) is 0. The number of carbonyl (C=O) groups excluding carboxylic acids is 2. The van der Waals surface area contributed by atoms with Gasteiger partial charge in [-0.15, -0.1) is 0 Å². The first kappa shape index (κ1) is 13.3. The summed E-state index contributed by atoms with van der Waals surface area (Å²) in [6.07, 6.45) is 2.57. The van der Waals surface area contributed by atoms with Crippen LogP contribution in [0.2, 0.25) is 0 Å². The van der Waals surface area contributed by atoms with Gasteiger partial charge in [-0.1, -0.05) is 6.92 Å². The van der Waals surface area contributed by atoms with Crippen LogP contribution < -0.4 is 0 Å². The molecule has 0 saturated carbocycles. The van der Waals surface area contributed by atoms with Gasteiger partial charge < -0.3 is 14.4 Å². The van der Waals surface area contributed by atoms with Crippen LogP contribution in [0, 0.1) is 11.8 Å². The maximum absolute atomic E-state index is 12.3. The molecule has 5 heteroatoms. The predicted octanol–water partition coefficient (Wildman–Crippen LogP) is 0.823. The lowest BCUT2D eigenvalue weighted by molar-refractivity contribution is -0.147. The first-order chi connectivity index (χ1) is 8.63. The van der Waals surface area contributed by atoms with Crippen molar-refractivity contribution in [3.05, 3.63) is 0 Å². The third-order valence-electron chi connectivity index (χ3n) is 3.88. The molecule has 3 unspecified atom stereocenters. The standard InChI is InChI=1S/C13H21NO4/c1-9-7-14(8-10(9)13(16)17-2)12(15)11-5-3-4-6-18-11/h9-11H,3-8H2,1-2H3. The fraction of sp³-hybridized carbons (Fsp3) is 0.846. The Morgan fingerprint density at radius 3 is 2.67 bits per heavy atom. The van der Waals surface area contributed by atoms with Gasteiger partial charge in [-0.2, -0.15) is 0 Å². The summed E-state index contributed by atoms with van der Waals surface area (Å²) in [7, 11) is 1.39. The third-order valence-corrected chi connectivity index (χ3v) is 3.88. The Balaban J connectivity index is 1.94. The molecule has 0 aromatic carbocycles. The van der Waals surface area contributed by atoms with Crippen molar-refractivity contribution in [2.45, 2.75) is 32.3 Å². The van der Waals surface area contributed by atoms with E-state index in [2.05, 4.69) is 0 Å². The van der Waals surface area contributed by atoms with Crippen LogP contribution in [0.1, 0.15) is 26.2 Å². The van der Waals surface area contributed by atoms with Crippen molar-refractivity contribution in [3.8, 4) is 0 Å². The molecule has 0 N–H and O–H groups in total. The van der Waals surface area contributed by atoms with E-state index in [0.29, 0.717) is 19.7 Å². The zero-order chi connectivity index (χ0) is 13.1. The molecule has 102 valence electrons. The number of nitrogens with zero attached hydrogens (tertiary/aromatic N) is 1. The number of methoxy groups -OCH3 is 1. The minimum atomic E-state index is -0.303. The maximum atomic E-state index is 12.3. The summed E-state index contributed by atoms with van der Waals surface area (Å²) in [6, 6.07) is 0. The van der Waals surface area contributed by atoms with Gasteiger partial charge >= 0.3 is 5.97 Å². The van der Waals surface area contributed by atoms with Crippen molar-refractivity contribution < 1.29 is 19.1 Å². The summed E-state index contributed by atoms with van der Waals surface area (Å²) >= 11 is 0. The summed E-state index contributed by atoms with van der Waals surface area (Å²) in [5.74, 6) is -0.220. The summed E-state index contributed by atoms with van der Waals surface area (Å²) in [4.78, 5) is 25.6. The molecule has 2 aliphatic rings. The molecule has 0 aromatic rings. The Hall–Kier alpha value is -1.10. The van der Waals surface area contributed by atoms with Crippen LogP contribution in [0.5, 0.6) is 0 Å². The normalized spacial score (nSPS) is 32.3. The molecule has 3 atom stereocenters. The van der Waals surface area contributed by atoms with Crippen LogP contribution >= 0.6 is 0 Å². The van der Waals surface area contributed by atoms with E-state index in [-0.39, 0.29) is 29.8 Å². The second-order valence-corrected chi connectivity index (χ2v) is 5.21. The lowest BCUT2D eigenvalue weighted by Crippen LogP contribution is -2.41. The number of hydrogen-bond acceptors (Lipinski definition) is 4. The monoisotopic (exact) mass is 255 g/mol. The predicted molar refractivity (Wildman–Crippen MR) is 64.8 cm³/mol. The van der Waals surface area contributed by atoms with Crippen molar-refractivity contribution in [3.63, 3.8) is 0 Å². The molecular weight excluding hydrogens is 234 g/mol. The Morgan fingerprint density at radius 2 is 2.06 bits per heavy atom. The molecule has 2 rings (SSSR count).